The topological polar surface area (TPSA) is 85.1 Å². The number of pyridine rings is 1. The second-order valence-corrected chi connectivity index (χ2v) is 5.32. The Morgan fingerprint density at radius 2 is 2.00 bits per heavy atom. The van der Waals surface area contributed by atoms with E-state index in [1.54, 1.807) is 18.3 Å². The molecule has 2 rings (SSSR count). The van der Waals surface area contributed by atoms with Gasteiger partial charge in [0.2, 0.25) is 5.91 Å². The van der Waals surface area contributed by atoms with E-state index >= 15 is 0 Å². The van der Waals surface area contributed by atoms with Crippen molar-refractivity contribution in [2.75, 3.05) is 0 Å². The summed E-state index contributed by atoms with van der Waals surface area (Å²) in [5.74, 6) is -0.957. The van der Waals surface area contributed by atoms with Crippen LogP contribution in [0.2, 0.25) is 0 Å². The van der Waals surface area contributed by atoms with E-state index in [9.17, 15) is 9.59 Å². The van der Waals surface area contributed by atoms with Crippen LogP contribution in [0.4, 0.5) is 0 Å². The van der Waals surface area contributed by atoms with E-state index in [-0.39, 0.29) is 5.91 Å². The molecule has 1 aromatic carbocycles. The van der Waals surface area contributed by atoms with Gasteiger partial charge in [-0.2, -0.15) is 0 Å². The van der Waals surface area contributed by atoms with Gasteiger partial charge < -0.3 is 11.1 Å². The fraction of sp³-hybridized carbons (Fsp3) is 0.133. The molecule has 0 radical (unpaired) electrons. The largest absolute Gasteiger partial charge is 0.368 e. The van der Waals surface area contributed by atoms with E-state index in [4.69, 9.17) is 5.73 Å². The summed E-state index contributed by atoms with van der Waals surface area (Å²) in [6.07, 6.45) is 3.33. The van der Waals surface area contributed by atoms with Crippen molar-refractivity contribution in [3.63, 3.8) is 0 Å². The molecule has 3 N–H and O–H groups in total. The third-order valence-corrected chi connectivity index (χ3v) is 3.73. The third-order valence-electron chi connectivity index (χ3n) is 2.95. The van der Waals surface area contributed by atoms with Gasteiger partial charge in [0, 0.05) is 23.3 Å². The molecule has 0 spiro atoms. The number of aromatic nitrogens is 1. The van der Waals surface area contributed by atoms with Gasteiger partial charge in [0.15, 0.2) is 0 Å². The van der Waals surface area contributed by atoms with Crippen LogP contribution in [0, 0.1) is 0 Å². The first kappa shape index (κ1) is 15.2. The molecule has 2 amide bonds. The Morgan fingerprint density at radius 3 is 2.62 bits per heavy atom. The first-order valence-electron chi connectivity index (χ1n) is 6.31. The molecule has 0 unspecified atom stereocenters. The summed E-state index contributed by atoms with van der Waals surface area (Å²) < 4.78 is 0.867. The molecule has 21 heavy (non-hydrogen) atoms. The minimum Gasteiger partial charge on any atom is -0.368 e. The molecule has 6 heteroatoms. The Hall–Kier alpha value is -2.21. The lowest BCUT2D eigenvalue weighted by atomic mass is 10.1. The third kappa shape index (κ3) is 4.13. The number of halogens is 1. The predicted molar refractivity (Wildman–Crippen MR) is 82.5 cm³/mol. The van der Waals surface area contributed by atoms with Gasteiger partial charge in [-0.3, -0.25) is 14.6 Å². The number of benzene rings is 1. The molecule has 2 aromatic rings. The van der Waals surface area contributed by atoms with Gasteiger partial charge in [-0.15, -0.1) is 0 Å². The molecule has 0 fully saturated rings. The molecule has 0 saturated heterocycles. The van der Waals surface area contributed by atoms with E-state index in [1.165, 1.54) is 6.20 Å². The number of carbonyl (C=O) groups is 2. The molecule has 1 aromatic heterocycles. The first-order valence-corrected chi connectivity index (χ1v) is 7.11. The van der Waals surface area contributed by atoms with E-state index < -0.39 is 11.9 Å². The van der Waals surface area contributed by atoms with Crippen LogP contribution in [0.5, 0.6) is 0 Å². The molecular weight excluding hydrogens is 334 g/mol. The average molecular weight is 348 g/mol. The molecule has 0 saturated carbocycles. The first-order chi connectivity index (χ1) is 10.1. The Kier molecular flexibility index (Phi) is 5.05. The number of carbonyl (C=O) groups excluding carboxylic acids is 2. The number of amides is 2. The predicted octanol–water partition coefficient (Wildman–Crippen LogP) is 1.67. The Bertz CT molecular complexity index is 646. The van der Waals surface area contributed by atoms with E-state index in [0.29, 0.717) is 12.0 Å². The smallest absolute Gasteiger partial charge is 0.253 e. The van der Waals surface area contributed by atoms with Crippen molar-refractivity contribution < 1.29 is 9.59 Å². The normalized spacial score (nSPS) is 11.7. The highest BCUT2D eigenvalue weighted by molar-refractivity contribution is 9.10. The molecule has 1 atom stereocenters. The molecule has 0 bridgehead atoms. The van der Waals surface area contributed by atoms with Gasteiger partial charge in [0.05, 0.1) is 5.56 Å². The minimum absolute atomic E-state index is 0.322. The van der Waals surface area contributed by atoms with Crippen molar-refractivity contribution in [3.8, 4) is 0 Å². The second kappa shape index (κ2) is 6.99. The van der Waals surface area contributed by atoms with Crippen molar-refractivity contribution in [2.24, 2.45) is 5.73 Å². The maximum Gasteiger partial charge on any atom is 0.253 e. The summed E-state index contributed by atoms with van der Waals surface area (Å²) in [6, 6.07) is 9.98. The van der Waals surface area contributed by atoms with Crippen molar-refractivity contribution in [3.05, 3.63) is 64.4 Å². The van der Waals surface area contributed by atoms with Crippen LogP contribution in [-0.4, -0.2) is 22.8 Å². The molecule has 1 heterocycles. The summed E-state index contributed by atoms with van der Waals surface area (Å²) in [7, 11) is 0. The summed E-state index contributed by atoms with van der Waals surface area (Å²) in [4.78, 5) is 27.5. The Balaban J connectivity index is 2.12. The maximum atomic E-state index is 12.1. The molecule has 0 aliphatic heterocycles. The number of rotatable bonds is 5. The van der Waals surface area contributed by atoms with Crippen molar-refractivity contribution >= 4 is 27.7 Å². The SMILES string of the molecule is NC(=O)[C@@H](Cc1ccccc1Br)NC(=O)c1cccnc1. The van der Waals surface area contributed by atoms with Crippen LogP contribution in [0.25, 0.3) is 0 Å². The second-order valence-electron chi connectivity index (χ2n) is 4.47. The zero-order chi connectivity index (χ0) is 15.2. The van der Waals surface area contributed by atoms with Gasteiger partial charge in [-0.1, -0.05) is 34.1 Å². The van der Waals surface area contributed by atoms with E-state index in [1.807, 2.05) is 24.3 Å². The summed E-state index contributed by atoms with van der Waals surface area (Å²) in [6.45, 7) is 0. The lowest BCUT2D eigenvalue weighted by molar-refractivity contribution is -0.119. The number of primary amides is 1. The van der Waals surface area contributed by atoms with Gasteiger partial charge in [-0.05, 0) is 23.8 Å². The van der Waals surface area contributed by atoms with Crippen LogP contribution < -0.4 is 11.1 Å². The van der Waals surface area contributed by atoms with Crippen molar-refractivity contribution in [2.45, 2.75) is 12.5 Å². The van der Waals surface area contributed by atoms with Crippen LogP contribution >= 0.6 is 15.9 Å². The molecular formula is C15H14BrN3O2. The Morgan fingerprint density at radius 1 is 1.24 bits per heavy atom. The molecule has 0 aliphatic carbocycles. The van der Waals surface area contributed by atoms with Crippen LogP contribution in [0.1, 0.15) is 15.9 Å². The zero-order valence-electron chi connectivity index (χ0n) is 11.1. The fourth-order valence-corrected chi connectivity index (χ4v) is 2.29. The monoisotopic (exact) mass is 347 g/mol. The molecule has 108 valence electrons. The van der Waals surface area contributed by atoms with Crippen molar-refractivity contribution in [1.82, 2.24) is 10.3 Å². The maximum absolute atomic E-state index is 12.1. The van der Waals surface area contributed by atoms with Crippen LogP contribution in [0.3, 0.4) is 0 Å². The summed E-state index contributed by atoms with van der Waals surface area (Å²) >= 11 is 3.41. The van der Waals surface area contributed by atoms with Gasteiger partial charge in [0.1, 0.15) is 6.04 Å². The Labute approximate surface area is 130 Å². The van der Waals surface area contributed by atoms with Crippen molar-refractivity contribution in [1.29, 1.82) is 0 Å². The van der Waals surface area contributed by atoms with E-state index in [0.717, 1.165) is 10.0 Å². The van der Waals surface area contributed by atoms with E-state index in [2.05, 4.69) is 26.2 Å². The van der Waals surface area contributed by atoms with Gasteiger partial charge >= 0.3 is 0 Å². The van der Waals surface area contributed by atoms with Crippen LogP contribution in [0.15, 0.2) is 53.3 Å². The minimum atomic E-state index is -0.781. The number of hydrogen-bond donors (Lipinski definition) is 2. The number of nitrogens with one attached hydrogen (secondary N) is 1. The highest BCUT2D eigenvalue weighted by atomic mass is 79.9. The molecule has 5 nitrogen and oxygen atoms in total. The zero-order valence-corrected chi connectivity index (χ0v) is 12.7. The lowest BCUT2D eigenvalue weighted by Gasteiger charge is -2.16. The fourth-order valence-electron chi connectivity index (χ4n) is 1.85. The quantitative estimate of drug-likeness (QED) is 0.862. The van der Waals surface area contributed by atoms with Gasteiger partial charge in [0.25, 0.3) is 5.91 Å². The lowest BCUT2D eigenvalue weighted by Crippen LogP contribution is -2.45. The average Bonchev–Trinajstić information content (AvgIpc) is 2.49. The highest BCUT2D eigenvalue weighted by Gasteiger charge is 2.20. The number of nitrogens with zero attached hydrogens (tertiary/aromatic N) is 1. The highest BCUT2D eigenvalue weighted by Crippen LogP contribution is 2.17. The summed E-state index contributed by atoms with van der Waals surface area (Å²) in [5.41, 5.74) is 6.66. The number of hydrogen-bond acceptors (Lipinski definition) is 3. The standard InChI is InChI=1S/C15H14BrN3O2/c16-12-6-2-1-4-10(12)8-13(14(17)20)19-15(21)11-5-3-7-18-9-11/h1-7,9,13H,8H2,(H2,17,20)(H,19,21)/t13-/m1/s1. The van der Waals surface area contributed by atoms with Gasteiger partial charge in [-0.25, -0.2) is 0 Å². The summed E-state index contributed by atoms with van der Waals surface area (Å²) in [5, 5.41) is 2.63. The molecule has 0 aliphatic rings. The van der Waals surface area contributed by atoms with Crippen LogP contribution in [-0.2, 0) is 11.2 Å². The number of nitrogens with two attached hydrogens (primary N) is 1.